The zero-order valence-corrected chi connectivity index (χ0v) is 15.0. The molecule has 1 heterocycles. The third kappa shape index (κ3) is 4.27. The standard InChI is InChI=1S/C19H19F2NO3S/c1-2-13(12-7-3-4-8-14(12)25-19(20)21)22-18(23)16-11-26-17-10-6-5-9-15(17)24-16/h3-10,13,16,19H,2,11H2,1H3,(H,22,23)/t13-,16+/m0/s1. The Hall–Kier alpha value is -2.28. The Kier molecular flexibility index (Phi) is 5.98. The minimum absolute atomic E-state index is 0.0685. The summed E-state index contributed by atoms with van der Waals surface area (Å²) in [5.41, 5.74) is 0.521. The number of benzene rings is 2. The van der Waals surface area contributed by atoms with Crippen LogP contribution in [0.4, 0.5) is 8.78 Å². The molecule has 0 bridgehead atoms. The molecule has 2 atom stereocenters. The molecule has 1 aliphatic rings. The lowest BCUT2D eigenvalue weighted by Gasteiger charge is -2.27. The van der Waals surface area contributed by atoms with Gasteiger partial charge in [0.2, 0.25) is 0 Å². The molecule has 3 rings (SSSR count). The van der Waals surface area contributed by atoms with Crippen LogP contribution in [0.3, 0.4) is 0 Å². The van der Waals surface area contributed by atoms with Crippen LogP contribution in [0.5, 0.6) is 11.5 Å². The molecular formula is C19H19F2NO3S. The number of hydrogen-bond donors (Lipinski definition) is 1. The van der Waals surface area contributed by atoms with Crippen molar-refractivity contribution in [2.75, 3.05) is 5.75 Å². The minimum Gasteiger partial charge on any atom is -0.479 e. The maximum absolute atomic E-state index is 12.6. The van der Waals surface area contributed by atoms with Gasteiger partial charge in [-0.2, -0.15) is 8.78 Å². The first kappa shape index (κ1) is 18.5. The summed E-state index contributed by atoms with van der Waals surface area (Å²) in [6.07, 6.45) is -0.0988. The van der Waals surface area contributed by atoms with E-state index >= 15 is 0 Å². The van der Waals surface area contributed by atoms with Gasteiger partial charge in [-0.05, 0) is 24.6 Å². The van der Waals surface area contributed by atoms with Crippen molar-refractivity contribution in [1.29, 1.82) is 0 Å². The fourth-order valence-electron chi connectivity index (χ4n) is 2.78. The summed E-state index contributed by atoms with van der Waals surface area (Å²) in [7, 11) is 0. The summed E-state index contributed by atoms with van der Waals surface area (Å²) in [5.74, 6) is 0.970. The van der Waals surface area contributed by atoms with Crippen molar-refractivity contribution in [3.63, 3.8) is 0 Å². The summed E-state index contributed by atoms with van der Waals surface area (Å²) in [4.78, 5) is 13.6. The quantitative estimate of drug-likeness (QED) is 0.808. The van der Waals surface area contributed by atoms with Gasteiger partial charge in [0, 0.05) is 16.2 Å². The zero-order valence-electron chi connectivity index (χ0n) is 14.2. The number of carbonyl (C=O) groups excluding carboxylic acids is 1. The number of thioether (sulfide) groups is 1. The second-order valence-electron chi connectivity index (χ2n) is 5.75. The van der Waals surface area contributed by atoms with E-state index in [4.69, 9.17) is 4.74 Å². The lowest BCUT2D eigenvalue weighted by atomic mass is 10.0. The van der Waals surface area contributed by atoms with Gasteiger partial charge in [-0.25, -0.2) is 0 Å². The predicted molar refractivity (Wildman–Crippen MR) is 95.8 cm³/mol. The highest BCUT2D eigenvalue weighted by Gasteiger charge is 2.29. The normalized spacial score (nSPS) is 17.2. The molecule has 7 heteroatoms. The SMILES string of the molecule is CC[C@H](NC(=O)[C@H]1CSc2ccccc2O1)c1ccccc1OC(F)F. The van der Waals surface area contributed by atoms with Gasteiger partial charge in [-0.1, -0.05) is 37.3 Å². The van der Waals surface area contributed by atoms with E-state index < -0.39 is 18.8 Å². The van der Waals surface area contributed by atoms with Gasteiger partial charge in [0.25, 0.3) is 5.91 Å². The first-order chi connectivity index (χ1) is 12.6. The number of para-hydroxylation sites is 2. The predicted octanol–water partition coefficient (Wildman–Crippen LogP) is 4.41. The van der Waals surface area contributed by atoms with Crippen LogP contribution < -0.4 is 14.8 Å². The Morgan fingerprint density at radius 3 is 2.77 bits per heavy atom. The highest BCUT2D eigenvalue weighted by molar-refractivity contribution is 7.99. The van der Waals surface area contributed by atoms with Crippen LogP contribution in [0.2, 0.25) is 0 Å². The lowest BCUT2D eigenvalue weighted by Crippen LogP contribution is -2.42. The third-order valence-electron chi connectivity index (χ3n) is 4.04. The van der Waals surface area contributed by atoms with Crippen molar-refractivity contribution in [2.24, 2.45) is 0 Å². The van der Waals surface area contributed by atoms with Crippen molar-refractivity contribution < 1.29 is 23.0 Å². The highest BCUT2D eigenvalue weighted by atomic mass is 32.2. The molecule has 0 saturated heterocycles. The molecule has 2 aromatic carbocycles. The van der Waals surface area contributed by atoms with Crippen molar-refractivity contribution >= 4 is 17.7 Å². The van der Waals surface area contributed by atoms with Gasteiger partial charge in [-0.15, -0.1) is 11.8 Å². The van der Waals surface area contributed by atoms with Crippen LogP contribution in [0.25, 0.3) is 0 Å². The minimum atomic E-state index is -2.92. The van der Waals surface area contributed by atoms with Crippen LogP contribution in [-0.4, -0.2) is 24.4 Å². The molecule has 0 unspecified atom stereocenters. The van der Waals surface area contributed by atoms with E-state index in [2.05, 4.69) is 10.1 Å². The van der Waals surface area contributed by atoms with Gasteiger partial charge in [0.1, 0.15) is 11.5 Å². The Balaban J connectivity index is 1.72. The van der Waals surface area contributed by atoms with E-state index in [1.807, 2.05) is 31.2 Å². The second kappa shape index (κ2) is 8.40. The number of alkyl halides is 2. The van der Waals surface area contributed by atoms with Crippen LogP contribution >= 0.6 is 11.8 Å². The first-order valence-electron chi connectivity index (χ1n) is 8.31. The maximum atomic E-state index is 12.6. The molecule has 0 fully saturated rings. The number of fused-ring (bicyclic) bond motifs is 1. The number of hydrogen-bond acceptors (Lipinski definition) is 4. The van der Waals surface area contributed by atoms with Crippen molar-refractivity contribution in [3.05, 3.63) is 54.1 Å². The maximum Gasteiger partial charge on any atom is 0.387 e. The van der Waals surface area contributed by atoms with E-state index in [-0.39, 0.29) is 11.7 Å². The molecule has 138 valence electrons. The largest absolute Gasteiger partial charge is 0.479 e. The van der Waals surface area contributed by atoms with Crippen LogP contribution in [0.1, 0.15) is 24.9 Å². The van der Waals surface area contributed by atoms with Gasteiger partial charge in [0.15, 0.2) is 6.10 Å². The fraction of sp³-hybridized carbons (Fsp3) is 0.316. The first-order valence-corrected chi connectivity index (χ1v) is 9.29. The molecule has 1 aliphatic heterocycles. The molecule has 0 aliphatic carbocycles. The Bertz CT molecular complexity index is 772. The zero-order chi connectivity index (χ0) is 18.5. The average Bonchev–Trinajstić information content (AvgIpc) is 2.65. The molecule has 1 amide bonds. The van der Waals surface area contributed by atoms with E-state index in [9.17, 15) is 13.6 Å². The third-order valence-corrected chi connectivity index (χ3v) is 5.15. The summed E-state index contributed by atoms with van der Waals surface area (Å²) in [5, 5.41) is 2.89. The number of rotatable bonds is 6. The summed E-state index contributed by atoms with van der Waals surface area (Å²) in [6.45, 7) is -1.05. The lowest BCUT2D eigenvalue weighted by molar-refractivity contribution is -0.128. The van der Waals surface area contributed by atoms with Gasteiger partial charge in [-0.3, -0.25) is 4.79 Å². The molecule has 1 N–H and O–H groups in total. The van der Waals surface area contributed by atoms with E-state index in [1.54, 1.807) is 30.0 Å². The van der Waals surface area contributed by atoms with Crippen molar-refractivity contribution in [2.45, 2.75) is 37.0 Å². The molecule has 0 spiro atoms. The van der Waals surface area contributed by atoms with Crippen molar-refractivity contribution in [3.8, 4) is 11.5 Å². The number of amides is 1. The number of nitrogens with one attached hydrogen (secondary N) is 1. The average molecular weight is 379 g/mol. The number of halogens is 2. The molecule has 4 nitrogen and oxygen atoms in total. The van der Waals surface area contributed by atoms with Crippen molar-refractivity contribution in [1.82, 2.24) is 5.32 Å². The molecule has 2 aromatic rings. The molecule has 0 radical (unpaired) electrons. The van der Waals surface area contributed by atoms with E-state index in [1.165, 1.54) is 6.07 Å². The molecular weight excluding hydrogens is 360 g/mol. The van der Waals surface area contributed by atoms with Gasteiger partial charge < -0.3 is 14.8 Å². The topological polar surface area (TPSA) is 47.6 Å². The van der Waals surface area contributed by atoms with Gasteiger partial charge in [0.05, 0.1) is 6.04 Å². The Morgan fingerprint density at radius 2 is 2.00 bits per heavy atom. The summed E-state index contributed by atoms with van der Waals surface area (Å²) in [6, 6.07) is 13.6. The summed E-state index contributed by atoms with van der Waals surface area (Å²) < 4.78 is 35.6. The van der Waals surface area contributed by atoms with E-state index in [0.29, 0.717) is 23.5 Å². The number of ether oxygens (including phenoxy) is 2. The van der Waals surface area contributed by atoms with E-state index in [0.717, 1.165) is 4.90 Å². The monoisotopic (exact) mass is 379 g/mol. The number of carbonyl (C=O) groups is 1. The fourth-order valence-corrected chi connectivity index (χ4v) is 3.77. The summed E-state index contributed by atoms with van der Waals surface area (Å²) >= 11 is 1.56. The molecule has 0 saturated carbocycles. The Morgan fingerprint density at radius 1 is 1.27 bits per heavy atom. The van der Waals surface area contributed by atoms with Gasteiger partial charge >= 0.3 is 6.61 Å². The Labute approximate surface area is 154 Å². The van der Waals surface area contributed by atoms with Crippen LogP contribution in [-0.2, 0) is 4.79 Å². The molecule has 0 aromatic heterocycles. The second-order valence-corrected chi connectivity index (χ2v) is 6.81. The van der Waals surface area contributed by atoms with Crippen LogP contribution in [0.15, 0.2) is 53.4 Å². The highest BCUT2D eigenvalue weighted by Crippen LogP contribution is 2.35. The smallest absolute Gasteiger partial charge is 0.387 e. The van der Waals surface area contributed by atoms with Crippen LogP contribution in [0, 0.1) is 0 Å². The molecule has 26 heavy (non-hydrogen) atoms.